The summed E-state index contributed by atoms with van der Waals surface area (Å²) in [7, 11) is -6.50. The van der Waals surface area contributed by atoms with Gasteiger partial charge in [0.05, 0.1) is 15.8 Å². The molecule has 4 rings (SSSR count). The first-order valence-electron chi connectivity index (χ1n) is 10.9. The molecular weight excluding hydrogens is 460 g/mol. The number of pyridine rings is 2. The van der Waals surface area contributed by atoms with Gasteiger partial charge in [-0.05, 0) is 63.1 Å². The van der Waals surface area contributed by atoms with Gasteiger partial charge < -0.3 is 5.32 Å². The second-order valence-corrected chi connectivity index (χ2v) is 13.2. The quantitative estimate of drug-likeness (QED) is 0.563. The van der Waals surface area contributed by atoms with Crippen molar-refractivity contribution in [3.8, 4) is 0 Å². The fourth-order valence-electron chi connectivity index (χ4n) is 4.10. The van der Waals surface area contributed by atoms with E-state index < -0.39 is 25.1 Å². The lowest BCUT2D eigenvalue weighted by atomic mass is 9.91. The van der Waals surface area contributed by atoms with E-state index >= 15 is 0 Å². The zero-order valence-electron chi connectivity index (χ0n) is 18.9. The molecule has 0 unspecified atom stereocenters. The van der Waals surface area contributed by atoms with Gasteiger partial charge in [-0.2, -0.15) is 0 Å². The Balaban J connectivity index is 1.57. The number of anilines is 2. The second kappa shape index (κ2) is 9.00. The molecule has 0 spiro atoms. The fourth-order valence-corrected chi connectivity index (χ4v) is 6.04. The third-order valence-electron chi connectivity index (χ3n) is 6.03. The molecule has 0 aliphatic carbocycles. The highest BCUT2D eigenvalue weighted by molar-refractivity contribution is 7.90. The molecule has 176 valence electrons. The van der Waals surface area contributed by atoms with E-state index in [1.165, 1.54) is 6.26 Å². The number of hydrogen-bond donors (Lipinski definition) is 1. The zero-order chi connectivity index (χ0) is 23.8. The van der Waals surface area contributed by atoms with Crippen molar-refractivity contribution in [3.05, 3.63) is 54.5 Å². The summed E-state index contributed by atoms with van der Waals surface area (Å²) in [5, 5.41) is 4.75. The Hall–Kier alpha value is -2.56. The molecule has 0 amide bonds. The summed E-state index contributed by atoms with van der Waals surface area (Å²) in [6, 6.07) is 10.4. The minimum Gasteiger partial charge on any atom is -0.340 e. The van der Waals surface area contributed by atoms with Crippen molar-refractivity contribution in [1.82, 2.24) is 14.3 Å². The molecule has 1 aliphatic heterocycles. The van der Waals surface area contributed by atoms with Crippen LogP contribution in [-0.2, 0) is 19.9 Å². The Bertz CT molecular complexity index is 1360. The standard InChI is InChI=1S/C23H28N4O4S2/c1-16(2)33(30,31)27-12-9-17(10-13-27)23-21-14-22(25-15-18(21)8-11-24-23)26-19-4-6-20(7-5-19)32(3,28)29/h4-8,11,14-17H,9-10,12-13H2,1-3H3,(H,25,26). The van der Waals surface area contributed by atoms with Crippen molar-refractivity contribution >= 4 is 42.1 Å². The van der Waals surface area contributed by atoms with Crippen molar-refractivity contribution < 1.29 is 16.8 Å². The minimum atomic E-state index is -3.25. The molecule has 1 N–H and O–H groups in total. The summed E-state index contributed by atoms with van der Waals surface area (Å²) in [5.74, 6) is 0.792. The number of nitrogens with one attached hydrogen (secondary N) is 1. The topological polar surface area (TPSA) is 109 Å². The lowest BCUT2D eigenvalue weighted by molar-refractivity contribution is 0.315. The van der Waals surface area contributed by atoms with Crippen LogP contribution >= 0.6 is 0 Å². The fraction of sp³-hybridized carbons (Fsp3) is 0.391. The van der Waals surface area contributed by atoms with Crippen molar-refractivity contribution in [2.75, 3.05) is 24.7 Å². The van der Waals surface area contributed by atoms with Crippen LogP contribution in [0.1, 0.15) is 38.3 Å². The van der Waals surface area contributed by atoms with E-state index in [1.807, 2.05) is 12.1 Å². The molecule has 2 aromatic heterocycles. The monoisotopic (exact) mass is 488 g/mol. The molecule has 33 heavy (non-hydrogen) atoms. The van der Waals surface area contributed by atoms with Gasteiger partial charge in [0, 0.05) is 54.1 Å². The molecule has 3 heterocycles. The van der Waals surface area contributed by atoms with Gasteiger partial charge in [0.25, 0.3) is 0 Å². The van der Waals surface area contributed by atoms with Gasteiger partial charge in [-0.25, -0.2) is 26.1 Å². The largest absolute Gasteiger partial charge is 0.340 e. The first-order chi connectivity index (χ1) is 15.6. The van der Waals surface area contributed by atoms with Gasteiger partial charge in [-0.3, -0.25) is 4.98 Å². The number of fused-ring (bicyclic) bond motifs is 1. The molecule has 0 bridgehead atoms. The molecule has 8 nitrogen and oxygen atoms in total. The molecule has 10 heteroatoms. The number of sulfone groups is 1. The Morgan fingerprint density at radius 2 is 1.67 bits per heavy atom. The van der Waals surface area contributed by atoms with Gasteiger partial charge in [0.2, 0.25) is 10.0 Å². The van der Waals surface area contributed by atoms with Crippen LogP contribution in [0, 0.1) is 0 Å². The maximum atomic E-state index is 12.5. The number of benzene rings is 1. The Kier molecular flexibility index (Phi) is 6.43. The SMILES string of the molecule is CC(C)S(=O)(=O)N1CCC(c2nccc3cnc(Nc4ccc(S(C)(=O)=O)cc4)cc23)CC1. The van der Waals surface area contributed by atoms with Crippen LogP contribution in [0.25, 0.3) is 10.8 Å². The molecule has 1 fully saturated rings. The number of hydrogen-bond acceptors (Lipinski definition) is 7. The molecule has 0 atom stereocenters. The molecule has 0 radical (unpaired) electrons. The lowest BCUT2D eigenvalue weighted by Gasteiger charge is -2.32. The van der Waals surface area contributed by atoms with Crippen LogP contribution in [0.2, 0.25) is 0 Å². The molecular formula is C23H28N4O4S2. The summed E-state index contributed by atoms with van der Waals surface area (Å²) >= 11 is 0. The predicted octanol–water partition coefficient (Wildman–Crippen LogP) is 3.69. The maximum Gasteiger partial charge on any atom is 0.216 e. The second-order valence-electron chi connectivity index (χ2n) is 8.68. The summed E-state index contributed by atoms with van der Waals surface area (Å²) in [6.45, 7) is 4.41. The predicted molar refractivity (Wildman–Crippen MR) is 130 cm³/mol. The first kappa shape index (κ1) is 23.6. The average Bonchev–Trinajstić information content (AvgIpc) is 2.78. The van der Waals surface area contributed by atoms with Crippen LogP contribution in [0.15, 0.2) is 53.7 Å². The van der Waals surface area contributed by atoms with Gasteiger partial charge in [0.1, 0.15) is 5.82 Å². The summed E-state index contributed by atoms with van der Waals surface area (Å²) in [6.07, 6.45) is 6.17. The van der Waals surface area contributed by atoms with Crippen LogP contribution < -0.4 is 5.32 Å². The lowest BCUT2D eigenvalue weighted by Crippen LogP contribution is -2.41. The van der Waals surface area contributed by atoms with Crippen LogP contribution in [0.4, 0.5) is 11.5 Å². The Labute approximate surface area is 195 Å². The highest BCUT2D eigenvalue weighted by Crippen LogP contribution is 2.33. The smallest absolute Gasteiger partial charge is 0.216 e. The third-order valence-corrected chi connectivity index (χ3v) is 9.43. The van der Waals surface area contributed by atoms with Gasteiger partial charge >= 0.3 is 0 Å². The van der Waals surface area contributed by atoms with Crippen molar-refractivity contribution in [3.63, 3.8) is 0 Å². The first-order valence-corrected chi connectivity index (χ1v) is 14.3. The zero-order valence-corrected chi connectivity index (χ0v) is 20.5. The van der Waals surface area contributed by atoms with E-state index in [0.717, 1.165) is 35.0 Å². The van der Waals surface area contributed by atoms with E-state index in [9.17, 15) is 16.8 Å². The molecule has 3 aromatic rings. The molecule has 1 aromatic carbocycles. The highest BCUT2D eigenvalue weighted by Gasteiger charge is 2.31. The Morgan fingerprint density at radius 3 is 2.27 bits per heavy atom. The van der Waals surface area contributed by atoms with Crippen LogP contribution in [-0.4, -0.2) is 55.7 Å². The minimum absolute atomic E-state index is 0.164. The third kappa shape index (κ3) is 5.02. The number of sulfonamides is 1. The number of rotatable bonds is 6. The van der Waals surface area contributed by atoms with Crippen molar-refractivity contribution in [2.24, 2.45) is 0 Å². The van der Waals surface area contributed by atoms with E-state index in [4.69, 9.17) is 0 Å². The summed E-state index contributed by atoms with van der Waals surface area (Å²) in [5.41, 5.74) is 1.68. The van der Waals surface area contributed by atoms with Crippen molar-refractivity contribution in [2.45, 2.75) is 42.8 Å². The number of piperidine rings is 1. The number of aromatic nitrogens is 2. The van der Waals surface area contributed by atoms with E-state index in [-0.39, 0.29) is 10.8 Å². The highest BCUT2D eigenvalue weighted by atomic mass is 32.2. The number of nitrogens with zero attached hydrogens (tertiary/aromatic N) is 3. The molecule has 1 aliphatic rings. The maximum absolute atomic E-state index is 12.5. The normalized spacial score (nSPS) is 16.4. The molecule has 0 saturated carbocycles. The van der Waals surface area contributed by atoms with Gasteiger partial charge in [0.15, 0.2) is 9.84 Å². The van der Waals surface area contributed by atoms with E-state index in [1.54, 1.807) is 54.8 Å². The Morgan fingerprint density at radius 1 is 1.00 bits per heavy atom. The van der Waals surface area contributed by atoms with E-state index in [2.05, 4.69) is 15.3 Å². The summed E-state index contributed by atoms with van der Waals surface area (Å²) in [4.78, 5) is 9.39. The van der Waals surface area contributed by atoms with Gasteiger partial charge in [-0.1, -0.05) is 0 Å². The summed E-state index contributed by atoms with van der Waals surface area (Å²) < 4.78 is 49.9. The van der Waals surface area contributed by atoms with Crippen LogP contribution in [0.5, 0.6) is 0 Å². The van der Waals surface area contributed by atoms with Crippen molar-refractivity contribution in [1.29, 1.82) is 0 Å². The molecule has 1 saturated heterocycles. The van der Waals surface area contributed by atoms with Crippen LogP contribution in [0.3, 0.4) is 0 Å². The van der Waals surface area contributed by atoms with Gasteiger partial charge in [-0.15, -0.1) is 0 Å². The van der Waals surface area contributed by atoms with E-state index in [0.29, 0.717) is 18.9 Å². The average molecular weight is 489 g/mol.